The van der Waals surface area contributed by atoms with Crippen molar-refractivity contribution in [2.45, 2.75) is 51.2 Å². The molecule has 0 saturated heterocycles. The molecule has 150 valence electrons. The Bertz CT molecular complexity index is 614. The number of alkyl halides is 4. The average Bonchev–Trinajstić information content (AvgIpc) is 2.52. The molecule has 0 aromatic heterocycles. The summed E-state index contributed by atoms with van der Waals surface area (Å²) in [5.74, 6) is 0. The fourth-order valence-corrected chi connectivity index (χ4v) is 5.65. The Balaban J connectivity index is 3.79. The van der Waals surface area contributed by atoms with Gasteiger partial charge in [0.1, 0.15) is 0 Å². The van der Waals surface area contributed by atoms with Crippen molar-refractivity contribution in [1.82, 2.24) is 0 Å². The van der Waals surface area contributed by atoms with E-state index in [-0.39, 0.29) is 0 Å². The first-order valence-electron chi connectivity index (χ1n) is 8.18. The minimum Gasteiger partial charge on any atom is -0.398 e. The molecule has 4 nitrogen and oxygen atoms in total. The lowest BCUT2D eigenvalue weighted by Gasteiger charge is -2.45. The van der Waals surface area contributed by atoms with Crippen LogP contribution in [0, 0.1) is 0 Å². The average molecular weight is 416 g/mol. The summed E-state index contributed by atoms with van der Waals surface area (Å²) in [6.45, 7) is 6.35. The van der Waals surface area contributed by atoms with Crippen LogP contribution in [0.4, 0.5) is 17.6 Å². The molecule has 26 heavy (non-hydrogen) atoms. The maximum Gasteiger partial charge on any atom is 0.403 e. The number of rotatable bonds is 10. The third-order valence-electron chi connectivity index (χ3n) is 3.37. The predicted molar refractivity (Wildman–Crippen MR) is 94.4 cm³/mol. The second kappa shape index (κ2) is 8.52. The van der Waals surface area contributed by atoms with Crippen molar-refractivity contribution in [3.05, 3.63) is 35.9 Å². The fraction of sp³-hybridized carbons (Fsp3) is 0.625. The molecule has 0 bridgehead atoms. The van der Waals surface area contributed by atoms with Gasteiger partial charge in [0, 0.05) is 0 Å². The Hall–Kier alpha value is -0.733. The first-order valence-corrected chi connectivity index (χ1v) is 13.1. The first kappa shape index (κ1) is 23.3. The van der Waals surface area contributed by atoms with Gasteiger partial charge in [0.25, 0.3) is 6.43 Å². The minimum atomic E-state index is -5.27. The maximum absolute atomic E-state index is 15.5. The molecule has 0 aliphatic carbocycles. The summed E-state index contributed by atoms with van der Waals surface area (Å²) in [6.07, 6.45) is -3.68. The SMILES string of the molecule is CCOP(=O)(OCC)C(F)(F)C(O[Si](C)(C)C)(c1ccccc1)C(F)F. The van der Waals surface area contributed by atoms with Crippen molar-refractivity contribution >= 4 is 15.9 Å². The number of benzene rings is 1. The molecule has 1 rings (SSSR count). The van der Waals surface area contributed by atoms with Crippen molar-refractivity contribution < 1.29 is 35.6 Å². The number of hydrogen-bond donors (Lipinski definition) is 0. The lowest BCUT2D eigenvalue weighted by molar-refractivity contribution is -0.203. The lowest BCUT2D eigenvalue weighted by atomic mass is 9.94. The van der Waals surface area contributed by atoms with E-state index in [4.69, 9.17) is 13.5 Å². The Labute approximate surface area is 152 Å². The van der Waals surface area contributed by atoms with Crippen LogP contribution < -0.4 is 0 Å². The summed E-state index contributed by atoms with van der Waals surface area (Å²) in [5, 5.41) is 0. The summed E-state index contributed by atoms with van der Waals surface area (Å²) in [5.41, 5.74) is -8.57. The monoisotopic (exact) mass is 416 g/mol. The molecular formula is C16H25F4O4PSi. The minimum absolute atomic E-state index is 0.395. The van der Waals surface area contributed by atoms with Crippen LogP contribution in [0.25, 0.3) is 0 Å². The molecule has 0 amide bonds. The summed E-state index contributed by atoms with van der Waals surface area (Å²) in [4.78, 5) is 0. The van der Waals surface area contributed by atoms with Crippen LogP contribution in [0.5, 0.6) is 0 Å². The zero-order chi connectivity index (χ0) is 20.2. The molecule has 0 aliphatic heterocycles. The van der Waals surface area contributed by atoms with Gasteiger partial charge in [0.05, 0.1) is 13.2 Å². The summed E-state index contributed by atoms with van der Waals surface area (Å²) in [6, 6.07) is 6.37. The summed E-state index contributed by atoms with van der Waals surface area (Å²) < 4.78 is 87.3. The van der Waals surface area contributed by atoms with Gasteiger partial charge in [-0.25, -0.2) is 8.78 Å². The van der Waals surface area contributed by atoms with Crippen LogP contribution in [0.3, 0.4) is 0 Å². The molecular weight excluding hydrogens is 391 g/mol. The van der Waals surface area contributed by atoms with Crippen molar-refractivity contribution in [3.8, 4) is 0 Å². The van der Waals surface area contributed by atoms with E-state index in [2.05, 4.69) is 0 Å². The zero-order valence-electron chi connectivity index (χ0n) is 15.5. The molecule has 1 unspecified atom stereocenters. The van der Waals surface area contributed by atoms with Gasteiger partial charge in [-0.3, -0.25) is 4.57 Å². The van der Waals surface area contributed by atoms with E-state index in [9.17, 15) is 13.3 Å². The molecule has 0 radical (unpaired) electrons. The van der Waals surface area contributed by atoms with Crippen LogP contribution in [-0.2, 0) is 23.6 Å². The lowest BCUT2D eigenvalue weighted by Crippen LogP contribution is -2.57. The molecule has 0 fully saturated rings. The zero-order valence-corrected chi connectivity index (χ0v) is 17.4. The van der Waals surface area contributed by atoms with Gasteiger partial charge in [0.15, 0.2) is 8.32 Å². The molecule has 1 aromatic carbocycles. The highest BCUT2D eigenvalue weighted by molar-refractivity contribution is 7.55. The summed E-state index contributed by atoms with van der Waals surface area (Å²) >= 11 is 0. The van der Waals surface area contributed by atoms with Crippen LogP contribution in [-0.4, -0.2) is 33.6 Å². The second-order valence-corrected chi connectivity index (χ2v) is 13.0. The normalized spacial score (nSPS) is 15.9. The quantitative estimate of drug-likeness (QED) is 0.272. The number of hydrogen-bond acceptors (Lipinski definition) is 4. The number of halogens is 4. The van der Waals surface area contributed by atoms with Gasteiger partial charge >= 0.3 is 13.3 Å². The fourth-order valence-electron chi connectivity index (χ4n) is 2.51. The van der Waals surface area contributed by atoms with E-state index < -0.39 is 52.4 Å². The smallest absolute Gasteiger partial charge is 0.398 e. The van der Waals surface area contributed by atoms with Gasteiger partial charge in [-0.15, -0.1) is 0 Å². The van der Waals surface area contributed by atoms with E-state index in [0.29, 0.717) is 0 Å². The van der Waals surface area contributed by atoms with Crippen LogP contribution in [0.2, 0.25) is 19.6 Å². The molecule has 1 atom stereocenters. The molecule has 0 spiro atoms. The Morgan fingerprint density at radius 2 is 1.50 bits per heavy atom. The molecule has 0 heterocycles. The van der Waals surface area contributed by atoms with Crippen molar-refractivity contribution in [2.24, 2.45) is 0 Å². The summed E-state index contributed by atoms with van der Waals surface area (Å²) in [7, 11) is -8.23. The molecule has 0 N–H and O–H groups in total. The van der Waals surface area contributed by atoms with E-state index in [1.54, 1.807) is 0 Å². The van der Waals surface area contributed by atoms with E-state index in [1.165, 1.54) is 51.7 Å². The van der Waals surface area contributed by atoms with Crippen molar-refractivity contribution in [1.29, 1.82) is 0 Å². The van der Waals surface area contributed by atoms with Crippen molar-refractivity contribution in [3.63, 3.8) is 0 Å². The third-order valence-corrected chi connectivity index (χ3v) is 6.52. The van der Waals surface area contributed by atoms with Crippen LogP contribution in [0.15, 0.2) is 30.3 Å². The second-order valence-electron chi connectivity index (χ2n) is 6.49. The Morgan fingerprint density at radius 3 is 1.85 bits per heavy atom. The third kappa shape index (κ3) is 4.39. The van der Waals surface area contributed by atoms with E-state index in [0.717, 1.165) is 12.1 Å². The van der Waals surface area contributed by atoms with Gasteiger partial charge in [0.2, 0.25) is 5.60 Å². The van der Waals surface area contributed by atoms with E-state index >= 15 is 8.78 Å². The van der Waals surface area contributed by atoms with Crippen molar-refractivity contribution in [2.75, 3.05) is 13.2 Å². The highest BCUT2D eigenvalue weighted by atomic mass is 31.2. The highest BCUT2D eigenvalue weighted by Crippen LogP contribution is 2.70. The molecule has 0 saturated carbocycles. The maximum atomic E-state index is 15.5. The molecule has 1 aromatic rings. The van der Waals surface area contributed by atoms with Gasteiger partial charge < -0.3 is 13.5 Å². The topological polar surface area (TPSA) is 44.8 Å². The van der Waals surface area contributed by atoms with Gasteiger partial charge in [-0.2, -0.15) is 8.78 Å². The van der Waals surface area contributed by atoms with Gasteiger partial charge in [-0.05, 0) is 39.1 Å². The first-order chi connectivity index (χ1) is 11.9. The standard InChI is InChI=1S/C16H25F4O4PSi/c1-6-22-25(21,23-7-2)16(19,20)15(14(17)18,24-26(3,4)5)13-11-9-8-10-12-13/h8-12,14H,6-7H2,1-5H3. The predicted octanol–water partition coefficient (Wildman–Crippen LogP) is 5.86. The largest absolute Gasteiger partial charge is 0.403 e. The highest BCUT2D eigenvalue weighted by Gasteiger charge is 2.73. The Morgan fingerprint density at radius 1 is 1.04 bits per heavy atom. The molecule has 0 aliphatic rings. The Kier molecular flexibility index (Phi) is 7.64. The molecule has 10 heteroatoms. The van der Waals surface area contributed by atoms with Crippen LogP contribution in [0.1, 0.15) is 19.4 Å². The van der Waals surface area contributed by atoms with Gasteiger partial charge in [-0.1, -0.05) is 30.3 Å². The van der Waals surface area contributed by atoms with E-state index in [1.807, 2.05) is 0 Å². The van der Waals surface area contributed by atoms with Crippen LogP contribution >= 0.6 is 7.60 Å².